The maximum Gasteiger partial charge on any atom is 0.231 e. The van der Waals surface area contributed by atoms with Gasteiger partial charge in [-0.2, -0.15) is 5.10 Å². The van der Waals surface area contributed by atoms with E-state index in [1.165, 1.54) is 0 Å². The van der Waals surface area contributed by atoms with E-state index in [4.69, 9.17) is 9.47 Å². The molecule has 0 bridgehead atoms. The van der Waals surface area contributed by atoms with Crippen LogP contribution in [0.1, 0.15) is 24.6 Å². The molecule has 1 atom stereocenters. The Hall–Kier alpha value is -2.50. The molecule has 6 heteroatoms. The molecule has 0 saturated heterocycles. The maximum atomic E-state index is 9.40. The summed E-state index contributed by atoms with van der Waals surface area (Å²) in [6.45, 7) is 2.40. The van der Waals surface area contributed by atoms with E-state index in [1.54, 1.807) is 0 Å². The van der Waals surface area contributed by atoms with Gasteiger partial charge in [0.15, 0.2) is 11.5 Å². The third-order valence-electron chi connectivity index (χ3n) is 4.30. The second-order valence-corrected chi connectivity index (χ2v) is 5.92. The summed E-state index contributed by atoms with van der Waals surface area (Å²) in [6.07, 6.45) is 1.69. The Kier molecular flexibility index (Phi) is 2.85. The molecule has 0 unspecified atom stereocenters. The number of hydrogen-bond donors (Lipinski definition) is 1. The number of oxime groups is 1. The topological polar surface area (TPSA) is 68.9 Å². The van der Waals surface area contributed by atoms with Crippen molar-refractivity contribution in [2.45, 2.75) is 19.8 Å². The molecule has 0 fully saturated rings. The molecule has 1 aromatic carbocycles. The summed E-state index contributed by atoms with van der Waals surface area (Å²) in [7, 11) is 1.93. The van der Waals surface area contributed by atoms with Gasteiger partial charge in [0.05, 0.1) is 5.71 Å². The van der Waals surface area contributed by atoms with E-state index in [2.05, 4.69) is 17.2 Å². The molecule has 4 rings (SSSR count). The van der Waals surface area contributed by atoms with E-state index in [-0.39, 0.29) is 6.79 Å². The smallest absolute Gasteiger partial charge is 0.231 e. The Labute approximate surface area is 128 Å². The first-order chi connectivity index (χ1) is 10.7. The zero-order chi connectivity index (χ0) is 15.3. The van der Waals surface area contributed by atoms with Crippen LogP contribution in [0, 0.1) is 5.92 Å². The summed E-state index contributed by atoms with van der Waals surface area (Å²) >= 11 is 0. The van der Waals surface area contributed by atoms with Crippen molar-refractivity contribution in [3.8, 4) is 22.8 Å². The molecule has 114 valence electrons. The van der Waals surface area contributed by atoms with Crippen molar-refractivity contribution >= 4 is 5.71 Å². The largest absolute Gasteiger partial charge is 0.454 e. The summed E-state index contributed by atoms with van der Waals surface area (Å²) in [5.74, 6) is 1.92. The molecule has 1 aliphatic carbocycles. The molecule has 0 amide bonds. The molecule has 0 saturated carbocycles. The average Bonchev–Trinajstić information content (AvgIpc) is 3.10. The third kappa shape index (κ3) is 1.87. The predicted molar refractivity (Wildman–Crippen MR) is 80.6 cm³/mol. The van der Waals surface area contributed by atoms with Crippen molar-refractivity contribution < 1.29 is 14.7 Å². The van der Waals surface area contributed by atoms with E-state index in [1.807, 2.05) is 29.9 Å². The highest BCUT2D eigenvalue weighted by Gasteiger charge is 2.29. The van der Waals surface area contributed by atoms with Crippen LogP contribution in [0.2, 0.25) is 0 Å². The zero-order valence-electron chi connectivity index (χ0n) is 12.5. The molecular weight excluding hydrogens is 282 g/mol. The van der Waals surface area contributed by atoms with Crippen LogP contribution in [0.15, 0.2) is 23.4 Å². The Balaban J connectivity index is 1.89. The molecule has 2 heterocycles. The lowest BCUT2D eigenvalue weighted by Gasteiger charge is -2.20. The number of ether oxygens (including phenoxy) is 2. The van der Waals surface area contributed by atoms with Gasteiger partial charge in [-0.05, 0) is 37.0 Å². The minimum absolute atomic E-state index is 0.250. The lowest BCUT2D eigenvalue weighted by molar-refractivity contribution is 0.174. The second kappa shape index (κ2) is 4.76. The van der Waals surface area contributed by atoms with Crippen molar-refractivity contribution in [1.29, 1.82) is 0 Å². The SMILES string of the molecule is C[C@@H]1C/C(=N\O)c2c(-c3ccc4c(c3)OCO4)nn(C)c2C1. The molecule has 2 aliphatic rings. The van der Waals surface area contributed by atoms with Gasteiger partial charge in [-0.25, -0.2) is 0 Å². The van der Waals surface area contributed by atoms with Crippen LogP contribution in [0.4, 0.5) is 0 Å². The highest BCUT2D eigenvalue weighted by molar-refractivity contribution is 6.07. The Morgan fingerprint density at radius 1 is 1.27 bits per heavy atom. The van der Waals surface area contributed by atoms with Crippen LogP contribution in [-0.4, -0.2) is 27.5 Å². The normalized spacial score (nSPS) is 21.2. The van der Waals surface area contributed by atoms with Crippen LogP contribution in [0.3, 0.4) is 0 Å². The van der Waals surface area contributed by atoms with Gasteiger partial charge < -0.3 is 14.7 Å². The number of rotatable bonds is 1. The fourth-order valence-electron chi connectivity index (χ4n) is 3.27. The Morgan fingerprint density at radius 3 is 2.91 bits per heavy atom. The number of fused-ring (bicyclic) bond motifs is 2. The van der Waals surface area contributed by atoms with Gasteiger partial charge in [-0.3, -0.25) is 4.68 Å². The van der Waals surface area contributed by atoms with Gasteiger partial charge in [0.1, 0.15) is 5.69 Å². The third-order valence-corrected chi connectivity index (χ3v) is 4.30. The van der Waals surface area contributed by atoms with Crippen LogP contribution in [0.5, 0.6) is 11.5 Å². The van der Waals surface area contributed by atoms with Gasteiger partial charge in [-0.1, -0.05) is 12.1 Å². The molecule has 2 aromatic rings. The summed E-state index contributed by atoms with van der Waals surface area (Å²) in [6, 6.07) is 5.78. The lowest BCUT2D eigenvalue weighted by Crippen LogP contribution is -2.20. The highest BCUT2D eigenvalue weighted by atomic mass is 16.7. The first kappa shape index (κ1) is 13.2. The summed E-state index contributed by atoms with van der Waals surface area (Å²) in [5, 5.41) is 17.6. The van der Waals surface area contributed by atoms with E-state index >= 15 is 0 Å². The van der Waals surface area contributed by atoms with Crippen LogP contribution < -0.4 is 9.47 Å². The Bertz CT molecular complexity index is 779. The van der Waals surface area contributed by atoms with E-state index in [9.17, 15) is 5.21 Å². The predicted octanol–water partition coefficient (Wildman–Crippen LogP) is 2.58. The minimum atomic E-state index is 0.250. The van der Waals surface area contributed by atoms with Gasteiger partial charge in [0, 0.05) is 23.9 Å². The van der Waals surface area contributed by atoms with Crippen molar-refractivity contribution in [1.82, 2.24) is 9.78 Å². The standard InChI is InChI=1S/C16H17N3O3/c1-9-5-11(18-20)15-12(6-9)19(2)17-16(15)10-3-4-13-14(7-10)22-8-21-13/h3-4,7,9,20H,5-6,8H2,1-2H3/b18-11+/t9-/m1/s1. The van der Waals surface area contributed by atoms with Gasteiger partial charge in [-0.15, -0.1) is 0 Å². The van der Waals surface area contributed by atoms with E-state index in [0.717, 1.165) is 46.9 Å². The molecule has 6 nitrogen and oxygen atoms in total. The quantitative estimate of drug-likeness (QED) is 0.649. The molecule has 0 spiro atoms. The maximum absolute atomic E-state index is 9.40. The van der Waals surface area contributed by atoms with E-state index in [0.29, 0.717) is 11.6 Å². The summed E-state index contributed by atoms with van der Waals surface area (Å²) in [5.41, 5.74) is 4.53. The highest BCUT2D eigenvalue weighted by Crippen LogP contribution is 2.38. The van der Waals surface area contributed by atoms with Gasteiger partial charge >= 0.3 is 0 Å². The van der Waals surface area contributed by atoms with E-state index < -0.39 is 0 Å². The molecule has 22 heavy (non-hydrogen) atoms. The summed E-state index contributed by atoms with van der Waals surface area (Å²) < 4.78 is 12.7. The first-order valence-corrected chi connectivity index (χ1v) is 7.34. The second-order valence-electron chi connectivity index (χ2n) is 5.92. The molecular formula is C16H17N3O3. The lowest BCUT2D eigenvalue weighted by atomic mass is 9.85. The van der Waals surface area contributed by atoms with Crippen LogP contribution >= 0.6 is 0 Å². The van der Waals surface area contributed by atoms with Crippen LogP contribution in [-0.2, 0) is 13.5 Å². The number of hydrogen-bond acceptors (Lipinski definition) is 5. The van der Waals surface area contributed by atoms with Crippen molar-refractivity contribution in [2.75, 3.05) is 6.79 Å². The monoisotopic (exact) mass is 299 g/mol. The first-order valence-electron chi connectivity index (χ1n) is 7.34. The zero-order valence-corrected chi connectivity index (χ0v) is 12.5. The minimum Gasteiger partial charge on any atom is -0.454 e. The molecule has 1 N–H and O–H groups in total. The number of benzene rings is 1. The number of nitrogens with zero attached hydrogens (tertiary/aromatic N) is 3. The van der Waals surface area contributed by atoms with Gasteiger partial charge in [0.2, 0.25) is 6.79 Å². The Morgan fingerprint density at radius 2 is 2.09 bits per heavy atom. The van der Waals surface area contributed by atoms with Crippen molar-refractivity contribution in [3.05, 3.63) is 29.5 Å². The number of aryl methyl sites for hydroxylation is 1. The fourth-order valence-corrected chi connectivity index (χ4v) is 3.27. The molecule has 1 aromatic heterocycles. The summed E-state index contributed by atoms with van der Waals surface area (Å²) in [4.78, 5) is 0. The fraction of sp³-hybridized carbons (Fsp3) is 0.375. The number of aromatic nitrogens is 2. The molecule has 1 aliphatic heterocycles. The van der Waals surface area contributed by atoms with Crippen LogP contribution in [0.25, 0.3) is 11.3 Å². The van der Waals surface area contributed by atoms with Crippen molar-refractivity contribution in [3.63, 3.8) is 0 Å². The van der Waals surface area contributed by atoms with Gasteiger partial charge in [0.25, 0.3) is 0 Å². The van der Waals surface area contributed by atoms with Crippen molar-refractivity contribution in [2.24, 2.45) is 18.1 Å². The average molecular weight is 299 g/mol. The molecule has 0 radical (unpaired) electrons.